The lowest BCUT2D eigenvalue weighted by Gasteiger charge is -2.23. The largest absolute Gasteiger partial charge is 0.449 e. The summed E-state index contributed by atoms with van der Waals surface area (Å²) in [6, 6.07) is 0.873. The van der Waals surface area contributed by atoms with E-state index in [4.69, 9.17) is 14.7 Å². The van der Waals surface area contributed by atoms with Crippen molar-refractivity contribution < 1.29 is 19.1 Å². The van der Waals surface area contributed by atoms with Gasteiger partial charge in [0.15, 0.2) is 6.61 Å². The van der Waals surface area contributed by atoms with Gasteiger partial charge in [0.05, 0.1) is 0 Å². The number of carbonyl (C=O) groups excluding carboxylic acids is 2. The van der Waals surface area contributed by atoms with Crippen molar-refractivity contribution in [3.05, 3.63) is 23.8 Å². The Morgan fingerprint density at radius 1 is 1.37 bits per heavy atom. The monoisotopic (exact) mass is 412 g/mol. The number of ether oxygens (including phenoxy) is 2. The van der Waals surface area contributed by atoms with E-state index in [1.165, 1.54) is 10.8 Å². The van der Waals surface area contributed by atoms with Gasteiger partial charge in [-0.1, -0.05) is 74.4 Å². The number of nitrogens with zero attached hydrogens (tertiary/aromatic N) is 1. The summed E-state index contributed by atoms with van der Waals surface area (Å²) < 4.78 is 10.1. The third-order valence-electron chi connectivity index (χ3n) is 3.41. The van der Waals surface area contributed by atoms with Crippen molar-refractivity contribution in [3.63, 3.8) is 0 Å². The van der Waals surface area contributed by atoms with Crippen LogP contribution in [0, 0.1) is 16.7 Å². The molecule has 1 aliphatic carbocycles. The second-order valence-electron chi connectivity index (χ2n) is 7.82. The number of amides is 1. The normalized spacial score (nSPS) is 16.7. The molecule has 0 fully saturated rings. The molecule has 0 aliphatic heterocycles. The van der Waals surface area contributed by atoms with E-state index in [0.717, 1.165) is 12.0 Å². The zero-order chi connectivity index (χ0) is 20.5. The maximum absolute atomic E-state index is 12.1. The lowest BCUT2D eigenvalue weighted by atomic mass is 9.84. The quantitative estimate of drug-likeness (QED) is 0.471. The lowest BCUT2D eigenvalue weighted by Crippen LogP contribution is -2.44. The number of hydrogen-bond donors (Lipinski definition) is 1. The van der Waals surface area contributed by atoms with Crippen molar-refractivity contribution >= 4 is 33.7 Å². The molecule has 1 aliphatic rings. The molecule has 6 nitrogen and oxygen atoms in total. The molecule has 0 bridgehead atoms. The van der Waals surface area contributed by atoms with Gasteiger partial charge in [-0.15, -0.1) is 0 Å². The van der Waals surface area contributed by atoms with Crippen molar-refractivity contribution in [3.8, 4) is 6.07 Å². The van der Waals surface area contributed by atoms with Gasteiger partial charge in [0.25, 0.3) is 0 Å². The number of carbonyl (C=O) groups is 2. The molecule has 0 saturated carbocycles. The van der Waals surface area contributed by atoms with Gasteiger partial charge in [0, 0.05) is 10.5 Å². The Morgan fingerprint density at radius 3 is 2.63 bits per heavy atom. The first kappa shape index (κ1) is 23.4. The van der Waals surface area contributed by atoms with Crippen LogP contribution in [0.5, 0.6) is 0 Å². The first-order valence-electron chi connectivity index (χ1n) is 8.68. The molecule has 0 heterocycles. The summed E-state index contributed by atoms with van der Waals surface area (Å²) in [5, 5.41) is 11.1. The molecule has 0 radical (unpaired) electrons. The van der Waals surface area contributed by atoms with Crippen LogP contribution in [0.1, 0.15) is 41.0 Å². The van der Waals surface area contributed by atoms with E-state index in [1.807, 2.05) is 12.2 Å². The Hall–Kier alpha value is -1.59. The van der Waals surface area contributed by atoms with E-state index in [-0.39, 0.29) is 23.4 Å². The van der Waals surface area contributed by atoms with E-state index >= 15 is 0 Å². The number of nitrogens with one attached hydrogen (secondary N) is 1. The zero-order valence-electron chi connectivity index (χ0n) is 16.5. The number of rotatable bonds is 8. The Bertz CT molecular complexity index is 631. The van der Waals surface area contributed by atoms with Crippen LogP contribution in [0.25, 0.3) is 0 Å². The summed E-state index contributed by atoms with van der Waals surface area (Å²) in [4.78, 5) is 24.2. The Balaban J connectivity index is 2.53. The van der Waals surface area contributed by atoms with E-state index in [0.29, 0.717) is 5.75 Å². The first-order chi connectivity index (χ1) is 12.5. The number of nitriles is 1. The summed E-state index contributed by atoms with van der Waals surface area (Å²) in [6.45, 7) is 10.2. The number of allylic oxidation sites excluding steroid dienone is 2. The second-order valence-corrected chi connectivity index (χ2v) is 11.0. The summed E-state index contributed by atoms with van der Waals surface area (Å²) in [6.07, 6.45) is 6.28. The molecule has 1 amide bonds. The van der Waals surface area contributed by atoms with E-state index in [1.54, 1.807) is 16.9 Å². The maximum Gasteiger partial charge on any atom is 0.408 e. The van der Waals surface area contributed by atoms with Crippen LogP contribution in [0.3, 0.4) is 0 Å². The zero-order valence-corrected chi connectivity index (χ0v) is 18.2. The SMILES string of the molecule is CC1(C)C=CC(COC(=O)N[C@@H](CSSC(C)(C)C)C(=O)OCC#N)=CC1. The van der Waals surface area contributed by atoms with Gasteiger partial charge in [-0.25, -0.2) is 9.59 Å². The van der Waals surface area contributed by atoms with Crippen LogP contribution in [0.2, 0.25) is 0 Å². The third-order valence-corrected chi connectivity index (χ3v) is 6.76. The Kier molecular flexibility index (Phi) is 9.27. The van der Waals surface area contributed by atoms with Crippen molar-refractivity contribution in [1.29, 1.82) is 5.26 Å². The fourth-order valence-corrected chi connectivity index (χ4v) is 4.40. The highest BCUT2D eigenvalue weighted by Crippen LogP contribution is 2.35. The van der Waals surface area contributed by atoms with E-state index in [2.05, 4.69) is 46.0 Å². The fraction of sp³-hybridized carbons (Fsp3) is 0.632. The lowest BCUT2D eigenvalue weighted by molar-refractivity contribution is -0.143. The Labute approximate surface area is 169 Å². The van der Waals surface area contributed by atoms with Gasteiger partial charge in [-0.2, -0.15) is 5.26 Å². The molecule has 27 heavy (non-hydrogen) atoms. The van der Waals surface area contributed by atoms with Crippen LogP contribution < -0.4 is 5.32 Å². The molecule has 0 spiro atoms. The van der Waals surface area contributed by atoms with E-state index in [9.17, 15) is 9.59 Å². The predicted octanol–water partition coefficient (Wildman–Crippen LogP) is 4.24. The molecule has 150 valence electrons. The average Bonchev–Trinajstić information content (AvgIpc) is 2.56. The predicted molar refractivity (Wildman–Crippen MR) is 110 cm³/mol. The molecule has 0 aromatic rings. The van der Waals surface area contributed by atoms with Crippen LogP contribution in [-0.4, -0.2) is 41.8 Å². The van der Waals surface area contributed by atoms with Crippen LogP contribution in [0.4, 0.5) is 4.79 Å². The van der Waals surface area contributed by atoms with Gasteiger partial charge in [-0.3, -0.25) is 0 Å². The van der Waals surface area contributed by atoms with Crippen LogP contribution in [-0.2, 0) is 14.3 Å². The highest BCUT2D eigenvalue weighted by atomic mass is 33.1. The summed E-state index contributed by atoms with van der Waals surface area (Å²) in [5.41, 5.74) is 1.04. The van der Waals surface area contributed by atoms with Gasteiger partial charge >= 0.3 is 12.1 Å². The fourth-order valence-electron chi connectivity index (χ4n) is 1.95. The van der Waals surface area contributed by atoms with Crippen molar-refractivity contribution in [1.82, 2.24) is 5.32 Å². The van der Waals surface area contributed by atoms with E-state index < -0.39 is 18.1 Å². The minimum Gasteiger partial charge on any atom is -0.449 e. The molecular weight excluding hydrogens is 384 g/mol. The third kappa shape index (κ3) is 10.4. The second kappa shape index (κ2) is 10.7. The number of hydrogen-bond acceptors (Lipinski definition) is 7. The highest BCUT2D eigenvalue weighted by molar-refractivity contribution is 8.77. The number of alkyl carbamates (subject to hydrolysis) is 1. The van der Waals surface area contributed by atoms with Crippen molar-refractivity contribution in [2.24, 2.45) is 5.41 Å². The first-order valence-corrected chi connectivity index (χ1v) is 11.0. The molecule has 0 aromatic carbocycles. The molecule has 0 aromatic heterocycles. The summed E-state index contributed by atoms with van der Waals surface area (Å²) in [5.74, 6) is -0.327. The molecule has 1 atom stereocenters. The van der Waals surface area contributed by atoms with Gasteiger partial charge in [0.1, 0.15) is 18.7 Å². The van der Waals surface area contributed by atoms with Gasteiger partial charge in [-0.05, 0) is 17.4 Å². The standard InChI is InChI=1S/C19H28N2O4S2/c1-18(2,3)27-26-13-15(16(22)24-11-10-20)21-17(23)25-12-14-6-8-19(4,5)9-7-14/h6-8,15H,9,11-13H2,1-5H3,(H,21,23)/t15-/m0/s1. The highest BCUT2D eigenvalue weighted by Gasteiger charge is 2.25. The summed E-state index contributed by atoms with van der Waals surface area (Å²) >= 11 is 0. The Morgan fingerprint density at radius 2 is 2.07 bits per heavy atom. The minimum absolute atomic E-state index is 0.0137. The maximum atomic E-state index is 12.1. The van der Waals surface area contributed by atoms with Gasteiger partial charge < -0.3 is 14.8 Å². The van der Waals surface area contributed by atoms with Crippen LogP contribution >= 0.6 is 21.6 Å². The molecule has 8 heteroatoms. The topological polar surface area (TPSA) is 88.4 Å². The smallest absolute Gasteiger partial charge is 0.408 e. The summed E-state index contributed by atoms with van der Waals surface area (Å²) in [7, 11) is 3.06. The molecule has 1 rings (SSSR count). The molecule has 0 unspecified atom stereocenters. The van der Waals surface area contributed by atoms with Gasteiger partial charge in [0.2, 0.25) is 0 Å². The molecule has 1 N–H and O–H groups in total. The van der Waals surface area contributed by atoms with Crippen LogP contribution in [0.15, 0.2) is 23.8 Å². The molecule has 0 saturated heterocycles. The van der Waals surface area contributed by atoms with Crippen molar-refractivity contribution in [2.45, 2.75) is 51.8 Å². The minimum atomic E-state index is -0.875. The molecular formula is C19H28N2O4S2. The average molecular weight is 413 g/mol. The number of esters is 1. The van der Waals surface area contributed by atoms with Crippen molar-refractivity contribution in [2.75, 3.05) is 19.0 Å².